The molecule has 0 saturated carbocycles. The number of rotatable bonds is 3. The lowest BCUT2D eigenvalue weighted by atomic mass is 10.1. The second-order valence-corrected chi connectivity index (χ2v) is 4.09. The quantitative estimate of drug-likeness (QED) is 0.369. The van der Waals surface area contributed by atoms with Crippen LogP contribution in [0, 0.1) is 0 Å². The number of nitrogens with zero attached hydrogens (tertiary/aromatic N) is 2. The van der Waals surface area contributed by atoms with Gasteiger partial charge in [0.2, 0.25) is 0 Å². The number of hydrogen-bond donors (Lipinski definition) is 2. The van der Waals surface area contributed by atoms with Gasteiger partial charge in [-0.2, -0.15) is 0 Å². The molecule has 0 aromatic rings. The van der Waals surface area contributed by atoms with Gasteiger partial charge in [0, 0.05) is 12.6 Å². The standard InChI is InChI=1S/C10H22N4/c1-4-9(12-11)10-8-13(2)6-5-7-14(10)3/h4,9-10,12H,1,5-8,11H2,2-3H3. The van der Waals surface area contributed by atoms with Crippen molar-refractivity contribution in [1.82, 2.24) is 15.2 Å². The number of hydrazine groups is 1. The van der Waals surface area contributed by atoms with Crippen molar-refractivity contribution in [2.24, 2.45) is 5.84 Å². The normalized spacial score (nSPS) is 28.4. The fraction of sp³-hybridized carbons (Fsp3) is 0.800. The minimum absolute atomic E-state index is 0.167. The van der Waals surface area contributed by atoms with Crippen molar-refractivity contribution >= 4 is 0 Å². The first-order valence-corrected chi connectivity index (χ1v) is 5.16. The first-order chi connectivity index (χ1) is 6.69. The Balaban J connectivity index is 2.65. The largest absolute Gasteiger partial charge is 0.305 e. The lowest BCUT2D eigenvalue weighted by molar-refractivity contribution is 0.196. The Morgan fingerprint density at radius 2 is 2.21 bits per heavy atom. The smallest absolute Gasteiger partial charge is 0.0555 e. The molecule has 0 spiro atoms. The zero-order chi connectivity index (χ0) is 10.6. The molecule has 2 atom stereocenters. The van der Waals surface area contributed by atoms with Crippen molar-refractivity contribution in [3.05, 3.63) is 12.7 Å². The van der Waals surface area contributed by atoms with E-state index in [1.807, 2.05) is 6.08 Å². The van der Waals surface area contributed by atoms with Gasteiger partial charge in [-0.15, -0.1) is 6.58 Å². The zero-order valence-corrected chi connectivity index (χ0v) is 9.24. The molecule has 1 heterocycles. The van der Waals surface area contributed by atoms with Gasteiger partial charge in [-0.25, -0.2) is 0 Å². The number of nitrogens with two attached hydrogens (primary N) is 1. The summed E-state index contributed by atoms with van der Waals surface area (Å²) in [6.45, 7) is 7.14. The van der Waals surface area contributed by atoms with Crippen LogP contribution in [0.15, 0.2) is 12.7 Å². The summed E-state index contributed by atoms with van der Waals surface area (Å²) in [6.07, 6.45) is 3.11. The van der Waals surface area contributed by atoms with E-state index >= 15 is 0 Å². The van der Waals surface area contributed by atoms with Crippen LogP contribution in [0.3, 0.4) is 0 Å². The monoisotopic (exact) mass is 198 g/mol. The maximum Gasteiger partial charge on any atom is 0.0555 e. The summed E-state index contributed by atoms with van der Waals surface area (Å²) in [7, 11) is 4.31. The second-order valence-electron chi connectivity index (χ2n) is 4.09. The highest BCUT2D eigenvalue weighted by Crippen LogP contribution is 2.10. The van der Waals surface area contributed by atoms with Crippen LogP contribution in [0.4, 0.5) is 0 Å². The Morgan fingerprint density at radius 1 is 1.50 bits per heavy atom. The summed E-state index contributed by atoms with van der Waals surface area (Å²) in [6, 6.07) is 0.588. The van der Waals surface area contributed by atoms with Gasteiger partial charge in [0.05, 0.1) is 6.04 Å². The molecular weight excluding hydrogens is 176 g/mol. The Hall–Kier alpha value is -0.420. The first kappa shape index (κ1) is 11.7. The van der Waals surface area contributed by atoms with E-state index in [-0.39, 0.29) is 6.04 Å². The average Bonchev–Trinajstić information content (AvgIpc) is 2.32. The van der Waals surface area contributed by atoms with Crippen LogP contribution in [0.25, 0.3) is 0 Å². The van der Waals surface area contributed by atoms with E-state index in [0.29, 0.717) is 6.04 Å². The van der Waals surface area contributed by atoms with Gasteiger partial charge in [-0.1, -0.05) is 6.08 Å². The summed E-state index contributed by atoms with van der Waals surface area (Å²) < 4.78 is 0. The third-order valence-electron chi connectivity index (χ3n) is 2.98. The van der Waals surface area contributed by atoms with Crippen LogP contribution in [0.1, 0.15) is 6.42 Å². The zero-order valence-electron chi connectivity index (χ0n) is 9.24. The summed E-state index contributed by atoms with van der Waals surface area (Å²) in [5.41, 5.74) is 2.81. The van der Waals surface area contributed by atoms with E-state index in [0.717, 1.165) is 19.6 Å². The molecule has 0 aromatic heterocycles. The summed E-state index contributed by atoms with van der Waals surface area (Å²) in [5, 5.41) is 0. The number of likely N-dealkylation sites (N-methyl/N-ethyl adjacent to an activating group) is 2. The van der Waals surface area contributed by atoms with Gasteiger partial charge in [-0.3, -0.25) is 11.3 Å². The maximum atomic E-state index is 5.51. The van der Waals surface area contributed by atoms with Crippen molar-refractivity contribution in [1.29, 1.82) is 0 Å². The SMILES string of the molecule is C=CC(NN)C1CN(C)CCCN1C. The molecule has 2 unspecified atom stereocenters. The summed E-state index contributed by atoms with van der Waals surface area (Å²) in [5.74, 6) is 5.51. The molecule has 0 aliphatic carbocycles. The highest BCUT2D eigenvalue weighted by atomic mass is 15.3. The van der Waals surface area contributed by atoms with E-state index in [2.05, 4.69) is 35.9 Å². The van der Waals surface area contributed by atoms with E-state index in [4.69, 9.17) is 5.84 Å². The van der Waals surface area contributed by atoms with Crippen LogP contribution in [0.5, 0.6) is 0 Å². The van der Waals surface area contributed by atoms with Crippen LogP contribution < -0.4 is 11.3 Å². The molecular formula is C10H22N4. The van der Waals surface area contributed by atoms with Crippen molar-refractivity contribution in [2.45, 2.75) is 18.5 Å². The second kappa shape index (κ2) is 5.46. The molecule has 1 rings (SSSR count). The molecule has 1 aliphatic heterocycles. The Bertz CT molecular complexity index is 183. The third kappa shape index (κ3) is 2.78. The molecule has 0 aromatic carbocycles. The molecule has 0 bridgehead atoms. The van der Waals surface area contributed by atoms with Crippen molar-refractivity contribution in [2.75, 3.05) is 33.7 Å². The van der Waals surface area contributed by atoms with E-state index in [1.165, 1.54) is 6.42 Å². The number of hydrogen-bond acceptors (Lipinski definition) is 4. The van der Waals surface area contributed by atoms with Crippen LogP contribution >= 0.6 is 0 Å². The molecule has 1 saturated heterocycles. The van der Waals surface area contributed by atoms with E-state index < -0.39 is 0 Å². The molecule has 82 valence electrons. The van der Waals surface area contributed by atoms with E-state index in [9.17, 15) is 0 Å². The van der Waals surface area contributed by atoms with Crippen LogP contribution in [-0.4, -0.2) is 55.6 Å². The van der Waals surface area contributed by atoms with Gasteiger partial charge in [0.1, 0.15) is 0 Å². The van der Waals surface area contributed by atoms with Gasteiger partial charge in [0.25, 0.3) is 0 Å². The highest BCUT2D eigenvalue weighted by Gasteiger charge is 2.25. The first-order valence-electron chi connectivity index (χ1n) is 5.16. The predicted octanol–water partition coefficient (Wildman–Crippen LogP) is -0.360. The third-order valence-corrected chi connectivity index (χ3v) is 2.98. The molecule has 0 amide bonds. The van der Waals surface area contributed by atoms with E-state index in [1.54, 1.807) is 0 Å². The van der Waals surface area contributed by atoms with Gasteiger partial charge < -0.3 is 9.80 Å². The minimum atomic E-state index is 0.167. The summed E-state index contributed by atoms with van der Waals surface area (Å²) in [4.78, 5) is 4.71. The number of nitrogens with one attached hydrogen (secondary N) is 1. The van der Waals surface area contributed by atoms with Gasteiger partial charge >= 0.3 is 0 Å². The summed E-state index contributed by atoms with van der Waals surface area (Å²) >= 11 is 0. The molecule has 1 aliphatic rings. The fourth-order valence-corrected chi connectivity index (χ4v) is 2.03. The minimum Gasteiger partial charge on any atom is -0.305 e. The molecule has 3 N–H and O–H groups in total. The molecule has 14 heavy (non-hydrogen) atoms. The van der Waals surface area contributed by atoms with Crippen molar-refractivity contribution in [3.63, 3.8) is 0 Å². The Morgan fingerprint density at radius 3 is 2.79 bits per heavy atom. The predicted molar refractivity (Wildman–Crippen MR) is 59.8 cm³/mol. The lowest BCUT2D eigenvalue weighted by Crippen LogP contribution is -2.53. The highest BCUT2D eigenvalue weighted by molar-refractivity contribution is 4.96. The Kier molecular flexibility index (Phi) is 4.54. The fourth-order valence-electron chi connectivity index (χ4n) is 2.03. The maximum absolute atomic E-state index is 5.51. The molecule has 4 heteroatoms. The molecule has 1 fully saturated rings. The average molecular weight is 198 g/mol. The van der Waals surface area contributed by atoms with Crippen LogP contribution in [0.2, 0.25) is 0 Å². The van der Waals surface area contributed by atoms with Gasteiger partial charge in [-0.05, 0) is 33.6 Å². The Labute approximate surface area is 86.7 Å². The lowest BCUT2D eigenvalue weighted by Gasteiger charge is -2.32. The van der Waals surface area contributed by atoms with Crippen LogP contribution in [-0.2, 0) is 0 Å². The molecule has 4 nitrogen and oxygen atoms in total. The topological polar surface area (TPSA) is 44.5 Å². The molecule has 0 radical (unpaired) electrons. The van der Waals surface area contributed by atoms with Crippen molar-refractivity contribution in [3.8, 4) is 0 Å². The van der Waals surface area contributed by atoms with Crippen molar-refractivity contribution < 1.29 is 0 Å². The van der Waals surface area contributed by atoms with Gasteiger partial charge in [0.15, 0.2) is 0 Å².